The van der Waals surface area contributed by atoms with Gasteiger partial charge in [-0.25, -0.2) is 4.79 Å². The second kappa shape index (κ2) is 39.9. The summed E-state index contributed by atoms with van der Waals surface area (Å²) >= 11 is 0. The number of amides is 8. The van der Waals surface area contributed by atoms with E-state index in [4.69, 9.17) is 44.9 Å². The average molecular weight is 1550 g/mol. The molecule has 8 amide bonds. The minimum absolute atomic E-state index is 0.0432. The van der Waals surface area contributed by atoms with Crippen LogP contribution in [0.15, 0.2) is 152 Å². The van der Waals surface area contributed by atoms with Crippen molar-refractivity contribution in [2.24, 2.45) is 28.7 Å². The number of H-pyrrole nitrogens is 5. The van der Waals surface area contributed by atoms with Gasteiger partial charge in [0.2, 0.25) is 47.3 Å². The average Bonchev–Trinajstić information content (AvgIpc) is 1.73. The molecule has 0 saturated carbocycles. The van der Waals surface area contributed by atoms with E-state index < -0.39 is 108 Å². The minimum atomic E-state index is -1.53. The fraction of sp³-hybridized carbons (Fsp3) is 0.342. The predicted octanol–water partition coefficient (Wildman–Crippen LogP) is 1.82. The van der Waals surface area contributed by atoms with E-state index in [9.17, 15) is 24.3 Å². The highest BCUT2D eigenvalue weighted by molar-refractivity contribution is 6.00. The van der Waals surface area contributed by atoms with Crippen molar-refractivity contribution < 1.29 is 48.3 Å². The van der Waals surface area contributed by atoms with Gasteiger partial charge < -0.3 is 117 Å². The molecule has 10 rings (SSSR count). The number of nitrogens with two attached hydrogens (primary N) is 5. The number of aliphatic carboxylic acids is 1. The lowest BCUT2D eigenvalue weighted by Crippen LogP contribution is -2.61. The molecule has 0 aliphatic rings. The maximum atomic E-state index is 15.6. The number of aromatic amines is 5. The van der Waals surface area contributed by atoms with E-state index in [0.717, 1.165) is 32.7 Å². The number of hydrogen-bond donors (Lipinski definition) is 25. The second-order valence-corrected chi connectivity index (χ2v) is 28.0. The van der Waals surface area contributed by atoms with Crippen LogP contribution in [0.2, 0.25) is 0 Å². The monoisotopic (exact) mass is 1540 g/mol. The SMILES string of the molecule is N=C(N)NCCC[C@H](NC(=O)[C@H](CCCNC(=N)N)NC(=O)[C@H](Cc1c[nH]c2ccccc12)NC(=O)[C@@H](N)CCCNC(=N)N)C(=O)N[C@@H](Cc1c[nH]c2ccccc12)C(=O)N[C@@H](CCCCN)C(=O)N[C@@H](Cc1c[nH]c2ccccc12)C(=O)N[C@@H](Cc1c[nH]c2ccccc12)C(=O)N[C@@H](Cc1c[nH]c2ccccc12)C(=O)O. The summed E-state index contributed by atoms with van der Waals surface area (Å²) in [5.41, 5.74) is 35.9. The molecule has 34 heteroatoms. The first-order valence-electron chi connectivity index (χ1n) is 37.6. The number of nitrogens with one attached hydrogen (secondary N) is 19. The van der Waals surface area contributed by atoms with Crippen LogP contribution in [-0.4, -0.2) is 182 Å². The maximum absolute atomic E-state index is 15.6. The van der Waals surface area contributed by atoms with Gasteiger partial charge in [-0.15, -0.1) is 0 Å². The van der Waals surface area contributed by atoms with Gasteiger partial charge in [-0.1, -0.05) is 91.0 Å². The fourth-order valence-electron chi connectivity index (χ4n) is 13.9. The van der Waals surface area contributed by atoms with Gasteiger partial charge in [-0.05, 0) is 122 Å². The third-order valence-corrected chi connectivity index (χ3v) is 19.8. The van der Waals surface area contributed by atoms with Gasteiger partial charge in [-0.3, -0.25) is 54.6 Å². The lowest BCUT2D eigenvalue weighted by atomic mass is 9.99. The van der Waals surface area contributed by atoms with Gasteiger partial charge in [0.15, 0.2) is 17.9 Å². The van der Waals surface area contributed by atoms with E-state index in [1.807, 2.05) is 115 Å². The standard InChI is InChI=1S/C79H100N24O10/c80-30-12-11-27-60(70(106)101-65(36-46-41-93-57-24-8-3-18-51(46)57)74(110)102-66(37-47-42-94-58-25-9-4-19-52(47)58)75(111)103-67(76(112)113)38-48-43-95-59-26-10-5-20-53(48)59)97-73(109)64(35-45-40-92-56-23-7-2-17-50(45)56)100-71(107)62(29-15-33-90-79(86)87)96-69(105)61(28-14-32-89-78(84)85)98-72(108)63(34-44-39-91-55-22-6-1-16-49(44)55)99-68(104)54(81)21-13-31-88-77(82)83/h1-10,16-20,22-26,39-43,54,60-67,91-95H,11-15,21,27-38,80-81H2,(H,96,105)(H,97,109)(H,98,108)(H,99,104)(H,100,107)(H,101,106)(H,102,110)(H,103,111)(H,112,113)(H4,82,83,88)(H4,84,85,89)(H4,86,87,90)/t54-,60-,61-,62-,63-,64-,65-,66-,67-/m0/s1. The van der Waals surface area contributed by atoms with Crippen molar-refractivity contribution in [2.45, 2.75) is 144 Å². The summed E-state index contributed by atoms with van der Waals surface area (Å²) in [5.74, 6) is -8.95. The molecule has 0 spiro atoms. The number of hydrogen-bond acceptors (Lipinski definition) is 14. The van der Waals surface area contributed by atoms with E-state index in [-0.39, 0.29) is 121 Å². The number of para-hydroxylation sites is 5. The molecular formula is C79H100N24O10. The number of aromatic nitrogens is 5. The molecule has 0 radical (unpaired) electrons. The van der Waals surface area contributed by atoms with Gasteiger partial charge in [-0.2, -0.15) is 0 Å². The molecule has 10 aromatic rings. The van der Waals surface area contributed by atoms with Crippen molar-refractivity contribution >= 4 is 126 Å². The fourth-order valence-corrected chi connectivity index (χ4v) is 13.9. The van der Waals surface area contributed by atoms with Gasteiger partial charge in [0.25, 0.3) is 0 Å². The lowest BCUT2D eigenvalue weighted by Gasteiger charge is -2.28. The number of carbonyl (C=O) groups excluding carboxylic acids is 8. The molecule has 5 heterocycles. The lowest BCUT2D eigenvalue weighted by molar-refractivity contribution is -0.142. The molecule has 30 N–H and O–H groups in total. The minimum Gasteiger partial charge on any atom is -0.480 e. The highest BCUT2D eigenvalue weighted by Gasteiger charge is 2.37. The second-order valence-electron chi connectivity index (χ2n) is 28.0. The van der Waals surface area contributed by atoms with Crippen LogP contribution in [0, 0.1) is 16.2 Å². The summed E-state index contributed by atoms with van der Waals surface area (Å²) in [6.45, 7) is 0.568. The van der Waals surface area contributed by atoms with Crippen LogP contribution >= 0.6 is 0 Å². The van der Waals surface area contributed by atoms with Crippen LogP contribution < -0.4 is 87.2 Å². The van der Waals surface area contributed by atoms with Crippen molar-refractivity contribution in [1.82, 2.24) is 83.4 Å². The Bertz CT molecular complexity index is 5020. The quantitative estimate of drug-likeness (QED) is 0.0147. The largest absolute Gasteiger partial charge is 0.480 e. The summed E-state index contributed by atoms with van der Waals surface area (Å²) < 4.78 is 0. The molecule has 0 aliphatic heterocycles. The predicted molar refractivity (Wildman–Crippen MR) is 431 cm³/mol. The smallest absolute Gasteiger partial charge is 0.326 e. The number of fused-ring (bicyclic) bond motifs is 5. The molecule has 0 unspecified atom stereocenters. The van der Waals surface area contributed by atoms with Crippen LogP contribution in [0.5, 0.6) is 0 Å². The number of carboxylic acids is 1. The molecular weight excluding hydrogens is 1450 g/mol. The van der Waals surface area contributed by atoms with E-state index in [1.54, 1.807) is 37.1 Å². The molecule has 596 valence electrons. The summed E-state index contributed by atoms with van der Waals surface area (Å²) in [6, 6.07) is 23.8. The Morgan fingerprint density at radius 2 is 0.549 bits per heavy atom. The first-order valence-corrected chi connectivity index (χ1v) is 37.6. The molecule has 5 aromatic carbocycles. The van der Waals surface area contributed by atoms with Crippen LogP contribution in [-0.2, 0) is 75.3 Å². The summed E-state index contributed by atoms with van der Waals surface area (Å²) in [4.78, 5) is 150. The van der Waals surface area contributed by atoms with Crippen LogP contribution in [0.4, 0.5) is 0 Å². The topological polar surface area (TPSA) is 587 Å². The molecule has 9 atom stereocenters. The van der Waals surface area contributed by atoms with Gasteiger partial charge >= 0.3 is 5.97 Å². The van der Waals surface area contributed by atoms with E-state index in [2.05, 4.69) is 83.4 Å². The summed E-state index contributed by atoms with van der Waals surface area (Å²) in [6.07, 6.45) is 8.81. The molecule has 0 fully saturated rings. The van der Waals surface area contributed by atoms with Gasteiger partial charge in [0, 0.05) is 137 Å². The number of benzene rings is 5. The van der Waals surface area contributed by atoms with Crippen LogP contribution in [0.25, 0.3) is 54.5 Å². The maximum Gasteiger partial charge on any atom is 0.326 e. The number of carbonyl (C=O) groups is 9. The van der Waals surface area contributed by atoms with E-state index >= 15 is 24.0 Å². The third-order valence-electron chi connectivity index (χ3n) is 19.8. The normalized spacial score (nSPS) is 13.8. The third kappa shape index (κ3) is 22.9. The number of rotatable bonds is 43. The first-order chi connectivity index (χ1) is 54.5. The molecule has 0 aliphatic carbocycles. The highest BCUT2D eigenvalue weighted by atomic mass is 16.4. The number of guanidine groups is 3. The van der Waals surface area contributed by atoms with E-state index in [0.29, 0.717) is 62.5 Å². The molecule has 5 aromatic heterocycles. The highest BCUT2D eigenvalue weighted by Crippen LogP contribution is 2.26. The Balaban J connectivity index is 0.938. The van der Waals surface area contributed by atoms with Crippen molar-refractivity contribution in [1.29, 1.82) is 16.2 Å². The van der Waals surface area contributed by atoms with Crippen LogP contribution in [0.3, 0.4) is 0 Å². The van der Waals surface area contributed by atoms with Crippen molar-refractivity contribution in [3.8, 4) is 0 Å². The molecule has 0 bridgehead atoms. The Labute approximate surface area is 649 Å². The molecule has 113 heavy (non-hydrogen) atoms. The van der Waals surface area contributed by atoms with Gasteiger partial charge in [0.05, 0.1) is 6.04 Å². The zero-order valence-corrected chi connectivity index (χ0v) is 62.4. The number of carboxylic acid groups (broad SMARTS) is 1. The summed E-state index contributed by atoms with van der Waals surface area (Å²) in [7, 11) is 0. The Hall–Kier alpha value is -13.2. The zero-order valence-electron chi connectivity index (χ0n) is 62.4. The summed E-state index contributed by atoms with van der Waals surface area (Å²) in [5, 5.41) is 68.2. The van der Waals surface area contributed by atoms with Crippen molar-refractivity contribution in [3.63, 3.8) is 0 Å². The zero-order chi connectivity index (χ0) is 80.5. The molecule has 34 nitrogen and oxygen atoms in total. The van der Waals surface area contributed by atoms with E-state index in [1.165, 1.54) is 0 Å². The molecule has 0 saturated heterocycles. The van der Waals surface area contributed by atoms with Gasteiger partial charge in [0.1, 0.15) is 48.3 Å². The Kier molecular flexibility index (Phi) is 29.1. The van der Waals surface area contributed by atoms with Crippen molar-refractivity contribution in [2.75, 3.05) is 26.2 Å². The Morgan fingerprint density at radius 3 is 0.823 bits per heavy atom. The van der Waals surface area contributed by atoms with Crippen molar-refractivity contribution in [3.05, 3.63) is 180 Å². The Morgan fingerprint density at radius 1 is 0.319 bits per heavy atom. The first kappa shape index (κ1) is 82.3. The van der Waals surface area contributed by atoms with Crippen LogP contribution in [0.1, 0.15) is 85.6 Å². The number of unbranched alkanes of at least 4 members (excludes halogenated alkanes) is 1.